The maximum Gasteiger partial charge on any atom is 0.107 e. The van der Waals surface area contributed by atoms with Gasteiger partial charge in [-0.05, 0) is 110 Å². The van der Waals surface area contributed by atoms with Crippen molar-refractivity contribution in [3.8, 4) is 0 Å². The highest BCUT2D eigenvalue weighted by atomic mass is 16.3. The van der Waals surface area contributed by atoms with Gasteiger partial charge in [0.15, 0.2) is 0 Å². The zero-order valence-corrected chi connectivity index (χ0v) is 31.2. The second kappa shape index (κ2) is 17.2. The van der Waals surface area contributed by atoms with Crippen molar-refractivity contribution in [2.24, 2.45) is 10.8 Å². The average molecular weight is 629 g/mol. The van der Waals surface area contributed by atoms with Crippen LogP contribution >= 0.6 is 0 Å². The highest BCUT2D eigenvalue weighted by Gasteiger charge is 2.43. The molecule has 0 bridgehead atoms. The molecule has 0 saturated heterocycles. The number of allylic oxidation sites excluding steroid dienone is 6. The Morgan fingerprint density at radius 2 is 1.19 bits per heavy atom. The quantitative estimate of drug-likeness (QED) is 0.0784. The fourth-order valence-electron chi connectivity index (χ4n) is 6.71. The second-order valence-electron chi connectivity index (χ2n) is 13.1. The molecule has 1 N–H and O–H groups in total. The minimum Gasteiger partial charge on any atom is -0.509 e. The van der Waals surface area contributed by atoms with Crippen molar-refractivity contribution < 1.29 is 5.11 Å². The Labute approximate surface area is 286 Å². The maximum atomic E-state index is 8.05. The van der Waals surface area contributed by atoms with Gasteiger partial charge in [0, 0.05) is 0 Å². The lowest BCUT2D eigenvalue weighted by molar-refractivity contribution is 0.0525. The van der Waals surface area contributed by atoms with Crippen molar-refractivity contribution in [3.63, 3.8) is 0 Å². The van der Waals surface area contributed by atoms with E-state index in [4.69, 9.17) is 5.11 Å². The van der Waals surface area contributed by atoms with Gasteiger partial charge >= 0.3 is 0 Å². The first-order valence-corrected chi connectivity index (χ1v) is 17.3. The summed E-state index contributed by atoms with van der Waals surface area (Å²) in [7, 11) is 0. The summed E-state index contributed by atoms with van der Waals surface area (Å²) in [6, 6.07) is 25.3. The van der Waals surface area contributed by atoms with E-state index in [2.05, 4.69) is 148 Å². The monoisotopic (exact) mass is 628 g/mol. The molecule has 1 heteroatoms. The maximum absolute atomic E-state index is 8.05. The Morgan fingerprint density at radius 1 is 0.723 bits per heavy atom. The zero-order chi connectivity index (χ0) is 35.5. The van der Waals surface area contributed by atoms with Crippen LogP contribution in [0.15, 0.2) is 128 Å². The van der Waals surface area contributed by atoms with Crippen LogP contribution in [0.25, 0.3) is 43.1 Å². The molecule has 47 heavy (non-hydrogen) atoms. The van der Waals surface area contributed by atoms with Crippen LogP contribution in [0.4, 0.5) is 0 Å². The third kappa shape index (κ3) is 8.07. The summed E-state index contributed by atoms with van der Waals surface area (Å²) < 4.78 is 0. The molecule has 5 rings (SSSR count). The summed E-state index contributed by atoms with van der Waals surface area (Å²) in [5, 5.41) is 19.2. The fraction of sp³-hybridized carbons (Fsp3) is 0.348. The summed E-state index contributed by atoms with van der Waals surface area (Å²) in [4.78, 5) is 0. The second-order valence-corrected chi connectivity index (χ2v) is 13.1. The van der Waals surface area contributed by atoms with E-state index in [0.29, 0.717) is 5.92 Å². The van der Waals surface area contributed by atoms with Gasteiger partial charge in [-0.25, -0.2) is 0 Å². The van der Waals surface area contributed by atoms with E-state index in [0.717, 1.165) is 0 Å². The van der Waals surface area contributed by atoms with Crippen molar-refractivity contribution in [3.05, 3.63) is 133 Å². The fourth-order valence-corrected chi connectivity index (χ4v) is 6.71. The van der Waals surface area contributed by atoms with Crippen LogP contribution in [-0.2, 0) is 0 Å². The lowest BCUT2D eigenvalue weighted by atomic mass is 9.56. The van der Waals surface area contributed by atoms with Crippen LogP contribution in [0.5, 0.6) is 0 Å². The molecule has 0 aliphatic carbocycles. The van der Waals surface area contributed by atoms with E-state index < -0.39 is 0 Å². The molecular weight excluding hydrogens is 569 g/mol. The molecule has 0 radical (unpaired) electrons. The average Bonchev–Trinajstić information content (AvgIpc) is 3.10. The number of fused-ring (bicyclic) bond motifs is 2. The highest BCUT2D eigenvalue weighted by molar-refractivity contribution is 6.33. The number of rotatable bonds is 8. The molecule has 0 spiro atoms. The standard InChI is InChI=1S/C31H34.C9H14.C4H6O.C2H6/c1-7-30(4,5)31(6,8-2)20(3)22-18-19-27-25-15-10-13-21-12-9-14-24(28(21)25)26-17-11-16-23(22)29(26)27;1-5-7-9(4)8(3)6-2;1-3-4(2)5;1-2/h9-20H,7-8H2,1-6H3;5-7H,2H2,1,3-4H3;3,5H,1-2H2;1-2H3/b;7-5-,9-8-;;. The molecule has 0 aromatic heterocycles. The Kier molecular flexibility index (Phi) is 14.3. The van der Waals surface area contributed by atoms with Gasteiger partial charge in [-0.15, -0.1) is 0 Å². The van der Waals surface area contributed by atoms with E-state index in [1.807, 2.05) is 32.9 Å². The Bertz CT molecular complexity index is 1810. The molecule has 5 aromatic carbocycles. The molecule has 0 amide bonds. The van der Waals surface area contributed by atoms with Crippen LogP contribution in [-0.4, -0.2) is 5.11 Å². The van der Waals surface area contributed by atoms with Gasteiger partial charge in [-0.2, -0.15) is 0 Å². The molecule has 0 saturated carbocycles. The Balaban J connectivity index is 0.000000402. The summed E-state index contributed by atoms with van der Waals surface area (Å²) in [6.45, 7) is 34.7. The van der Waals surface area contributed by atoms with E-state index >= 15 is 0 Å². The topological polar surface area (TPSA) is 20.2 Å². The van der Waals surface area contributed by atoms with Crippen molar-refractivity contribution in [1.29, 1.82) is 0 Å². The predicted molar refractivity (Wildman–Crippen MR) is 215 cm³/mol. The first-order chi connectivity index (χ1) is 22.3. The molecule has 0 aliphatic heterocycles. The molecule has 2 unspecified atom stereocenters. The summed E-state index contributed by atoms with van der Waals surface area (Å²) in [6.07, 6.45) is 9.63. The van der Waals surface area contributed by atoms with Gasteiger partial charge in [0.1, 0.15) is 5.76 Å². The number of aliphatic hydroxyl groups excluding tert-OH is 1. The molecule has 2 atom stereocenters. The zero-order valence-electron chi connectivity index (χ0n) is 31.2. The first-order valence-electron chi connectivity index (χ1n) is 17.3. The molecule has 1 nitrogen and oxygen atoms in total. The van der Waals surface area contributed by atoms with Crippen molar-refractivity contribution in [2.45, 2.75) is 94.9 Å². The van der Waals surface area contributed by atoms with Gasteiger partial charge in [-0.3, -0.25) is 0 Å². The summed E-state index contributed by atoms with van der Waals surface area (Å²) >= 11 is 0. The highest BCUT2D eigenvalue weighted by Crippen LogP contribution is 2.54. The van der Waals surface area contributed by atoms with Gasteiger partial charge in [0.25, 0.3) is 0 Å². The van der Waals surface area contributed by atoms with Crippen LogP contribution < -0.4 is 0 Å². The van der Waals surface area contributed by atoms with Crippen LogP contribution in [0.1, 0.15) is 100 Å². The molecule has 0 heterocycles. The van der Waals surface area contributed by atoms with Crippen molar-refractivity contribution in [2.75, 3.05) is 0 Å². The minimum absolute atomic E-state index is 0.0185. The van der Waals surface area contributed by atoms with Gasteiger partial charge < -0.3 is 5.11 Å². The van der Waals surface area contributed by atoms with Gasteiger partial charge in [0.2, 0.25) is 0 Å². The summed E-state index contributed by atoms with van der Waals surface area (Å²) in [5.41, 5.74) is 4.53. The Morgan fingerprint density at radius 3 is 1.64 bits per heavy atom. The molecule has 250 valence electrons. The third-order valence-corrected chi connectivity index (χ3v) is 10.7. The largest absolute Gasteiger partial charge is 0.509 e. The normalized spacial score (nSPS) is 13.9. The number of aliphatic hydroxyl groups is 1. The van der Waals surface area contributed by atoms with Crippen LogP contribution in [0.3, 0.4) is 0 Å². The van der Waals surface area contributed by atoms with E-state index in [1.165, 1.54) is 78.7 Å². The lowest BCUT2D eigenvalue weighted by Gasteiger charge is -2.48. The number of hydrogen-bond acceptors (Lipinski definition) is 1. The van der Waals surface area contributed by atoms with Gasteiger partial charge in [-0.1, -0.05) is 167 Å². The van der Waals surface area contributed by atoms with Crippen LogP contribution in [0, 0.1) is 10.8 Å². The Hall–Kier alpha value is -4.10. The SMILES string of the molecule is C=C/C(C)=C(C)\C=C/C.C=CC(=C)O.CC.CCC(C)(C)C(C)(CC)C(C)c1ccc2c3cccc4cccc(c5cccc1c52)c43. The van der Waals surface area contributed by atoms with E-state index in [1.54, 1.807) is 0 Å². The van der Waals surface area contributed by atoms with Crippen molar-refractivity contribution in [1.82, 2.24) is 0 Å². The number of benzene rings is 5. The third-order valence-electron chi connectivity index (χ3n) is 10.7. The van der Waals surface area contributed by atoms with Crippen molar-refractivity contribution >= 4 is 43.1 Å². The minimum atomic E-state index is 0.0185. The molecule has 0 aliphatic rings. The summed E-state index contributed by atoms with van der Waals surface area (Å²) in [5.74, 6) is 0.495. The molecule has 0 fully saturated rings. The molecule has 5 aromatic rings. The lowest BCUT2D eigenvalue weighted by Crippen LogP contribution is -2.38. The number of hydrogen-bond donors (Lipinski definition) is 1. The van der Waals surface area contributed by atoms with Crippen LogP contribution in [0.2, 0.25) is 0 Å². The van der Waals surface area contributed by atoms with E-state index in [9.17, 15) is 0 Å². The predicted octanol–water partition coefficient (Wildman–Crippen LogP) is 15.0. The molecular formula is C46H60O. The van der Waals surface area contributed by atoms with E-state index in [-0.39, 0.29) is 16.6 Å². The first kappa shape index (κ1) is 39.1. The van der Waals surface area contributed by atoms with Gasteiger partial charge in [0.05, 0.1) is 0 Å². The smallest absolute Gasteiger partial charge is 0.107 e.